The molecule has 326 valence electrons. The molecule has 0 radical (unpaired) electrons. The van der Waals surface area contributed by atoms with Crippen molar-refractivity contribution in [1.29, 1.82) is 0 Å². The molecule has 0 aliphatic heterocycles. The molecule has 0 fully saturated rings. The molecule has 0 saturated carbocycles. The van der Waals surface area contributed by atoms with Crippen LogP contribution in [0.5, 0.6) is 0 Å². The summed E-state index contributed by atoms with van der Waals surface area (Å²) in [5.74, 6) is -0.420. The first kappa shape index (κ1) is 53.9. The molecule has 0 aromatic heterocycles. The van der Waals surface area contributed by atoms with E-state index < -0.39 is 6.10 Å². The monoisotopic (exact) mass is 785 g/mol. The van der Waals surface area contributed by atoms with Crippen molar-refractivity contribution in [2.45, 2.75) is 245 Å². The summed E-state index contributed by atoms with van der Waals surface area (Å²) in [7, 11) is 0. The van der Waals surface area contributed by atoms with Gasteiger partial charge in [0.2, 0.25) is 0 Å². The van der Waals surface area contributed by atoms with E-state index in [2.05, 4.69) is 69.4 Å². The zero-order valence-electron chi connectivity index (χ0n) is 37.4. The third kappa shape index (κ3) is 44.6. The predicted molar refractivity (Wildman–Crippen MR) is 242 cm³/mol. The highest BCUT2D eigenvalue weighted by Crippen LogP contribution is 2.13. The summed E-state index contributed by atoms with van der Waals surface area (Å²) in [5.41, 5.74) is 0. The van der Waals surface area contributed by atoms with Crippen LogP contribution in [0, 0.1) is 0 Å². The van der Waals surface area contributed by atoms with Gasteiger partial charge in [-0.2, -0.15) is 0 Å². The largest absolute Gasteiger partial charge is 0.462 e. The molecule has 0 aliphatic carbocycles. The number of esters is 2. The van der Waals surface area contributed by atoms with Gasteiger partial charge in [0.25, 0.3) is 0 Å². The fraction of sp³-hybridized carbons (Fsp3) is 0.804. The maximum atomic E-state index is 12.7. The van der Waals surface area contributed by atoms with Crippen LogP contribution in [-0.2, 0) is 23.8 Å². The molecule has 1 unspecified atom stereocenters. The molecule has 0 aliphatic rings. The zero-order chi connectivity index (χ0) is 40.7. The number of unbranched alkanes of at least 4 members (excludes halogenated alkanes) is 25. The van der Waals surface area contributed by atoms with Gasteiger partial charge in [-0.3, -0.25) is 9.59 Å². The Morgan fingerprint density at radius 2 is 0.768 bits per heavy atom. The molecule has 0 N–H and O–H groups in total. The van der Waals surface area contributed by atoms with Crippen molar-refractivity contribution in [1.82, 2.24) is 0 Å². The average molecular weight is 785 g/mol. The van der Waals surface area contributed by atoms with E-state index in [0.29, 0.717) is 19.4 Å². The predicted octanol–water partition coefficient (Wildman–Crippen LogP) is 16.0. The summed E-state index contributed by atoms with van der Waals surface area (Å²) in [6.07, 6.45) is 56.8. The van der Waals surface area contributed by atoms with Crippen LogP contribution in [0.3, 0.4) is 0 Å². The molecule has 0 spiro atoms. The Balaban J connectivity index is 4.27. The van der Waals surface area contributed by atoms with Crippen molar-refractivity contribution in [2.75, 3.05) is 19.8 Å². The van der Waals surface area contributed by atoms with Crippen LogP contribution in [0.25, 0.3) is 0 Å². The zero-order valence-corrected chi connectivity index (χ0v) is 37.4. The van der Waals surface area contributed by atoms with Crippen LogP contribution in [0.1, 0.15) is 239 Å². The van der Waals surface area contributed by atoms with Crippen molar-refractivity contribution in [3.63, 3.8) is 0 Å². The molecule has 0 aromatic carbocycles. The van der Waals surface area contributed by atoms with Crippen molar-refractivity contribution >= 4 is 11.9 Å². The molecule has 0 saturated heterocycles. The fourth-order valence-corrected chi connectivity index (χ4v) is 6.63. The first-order valence-corrected chi connectivity index (χ1v) is 24.2. The summed E-state index contributed by atoms with van der Waals surface area (Å²) in [6.45, 7) is 7.72. The van der Waals surface area contributed by atoms with E-state index in [1.54, 1.807) is 0 Å². The molecule has 5 nitrogen and oxygen atoms in total. The topological polar surface area (TPSA) is 61.8 Å². The van der Waals surface area contributed by atoms with E-state index in [1.165, 1.54) is 135 Å². The van der Waals surface area contributed by atoms with Crippen molar-refractivity contribution in [2.24, 2.45) is 0 Å². The fourth-order valence-electron chi connectivity index (χ4n) is 6.63. The Bertz CT molecular complexity index is 935. The summed E-state index contributed by atoms with van der Waals surface area (Å²) < 4.78 is 17.3. The van der Waals surface area contributed by atoms with Gasteiger partial charge in [-0.05, 0) is 96.3 Å². The molecular formula is C51H92O5. The number of hydrogen-bond acceptors (Lipinski definition) is 5. The van der Waals surface area contributed by atoms with E-state index in [-0.39, 0.29) is 25.2 Å². The van der Waals surface area contributed by atoms with Crippen LogP contribution >= 0.6 is 0 Å². The molecule has 0 rings (SSSR count). The van der Waals surface area contributed by atoms with E-state index in [9.17, 15) is 9.59 Å². The molecule has 0 heterocycles. The van der Waals surface area contributed by atoms with Crippen LogP contribution in [0.2, 0.25) is 0 Å². The van der Waals surface area contributed by atoms with Crippen molar-refractivity contribution in [3.05, 3.63) is 48.6 Å². The van der Waals surface area contributed by atoms with E-state index in [0.717, 1.165) is 70.6 Å². The number of carbonyl (C=O) groups is 2. The van der Waals surface area contributed by atoms with Crippen LogP contribution in [-0.4, -0.2) is 37.9 Å². The van der Waals surface area contributed by atoms with E-state index >= 15 is 0 Å². The van der Waals surface area contributed by atoms with Gasteiger partial charge >= 0.3 is 11.9 Å². The SMILES string of the molecule is CCCC/C=C\CCCCCCCC(=O)OC(COCCCCCCCC/C=C\C/C=C\CCCCC)COC(=O)CCCCCCC/C=C\CCCCCC. The third-order valence-electron chi connectivity index (χ3n) is 10.3. The summed E-state index contributed by atoms with van der Waals surface area (Å²) in [5, 5.41) is 0. The number of rotatable bonds is 44. The van der Waals surface area contributed by atoms with E-state index in [1.807, 2.05) is 0 Å². The lowest BCUT2D eigenvalue weighted by Crippen LogP contribution is -2.30. The Hall–Kier alpha value is -2.14. The molecule has 0 amide bonds. The lowest BCUT2D eigenvalue weighted by Gasteiger charge is -2.18. The maximum Gasteiger partial charge on any atom is 0.306 e. The molecule has 56 heavy (non-hydrogen) atoms. The van der Waals surface area contributed by atoms with Gasteiger partial charge in [-0.25, -0.2) is 0 Å². The minimum atomic E-state index is -0.546. The Morgan fingerprint density at radius 3 is 1.29 bits per heavy atom. The Morgan fingerprint density at radius 1 is 0.393 bits per heavy atom. The number of ether oxygens (including phenoxy) is 3. The van der Waals surface area contributed by atoms with Gasteiger partial charge in [0.1, 0.15) is 6.61 Å². The van der Waals surface area contributed by atoms with Crippen LogP contribution in [0.4, 0.5) is 0 Å². The first-order chi connectivity index (χ1) is 27.6. The summed E-state index contributed by atoms with van der Waals surface area (Å²) >= 11 is 0. The lowest BCUT2D eigenvalue weighted by atomic mass is 10.1. The molecule has 0 aromatic rings. The second-order valence-corrected chi connectivity index (χ2v) is 16.0. The molecule has 0 bridgehead atoms. The lowest BCUT2D eigenvalue weighted by molar-refractivity contribution is -0.163. The van der Waals surface area contributed by atoms with Crippen molar-refractivity contribution < 1.29 is 23.8 Å². The minimum Gasteiger partial charge on any atom is -0.462 e. The second-order valence-electron chi connectivity index (χ2n) is 16.0. The smallest absolute Gasteiger partial charge is 0.306 e. The van der Waals surface area contributed by atoms with Crippen LogP contribution < -0.4 is 0 Å². The number of allylic oxidation sites excluding steroid dienone is 8. The van der Waals surface area contributed by atoms with Gasteiger partial charge < -0.3 is 14.2 Å². The minimum absolute atomic E-state index is 0.0742. The summed E-state index contributed by atoms with van der Waals surface area (Å²) in [4.78, 5) is 25.3. The molecule has 1 atom stereocenters. The van der Waals surface area contributed by atoms with Gasteiger partial charge in [0.15, 0.2) is 6.10 Å². The number of carbonyl (C=O) groups excluding carboxylic acids is 2. The highest BCUT2D eigenvalue weighted by Gasteiger charge is 2.17. The average Bonchev–Trinajstić information content (AvgIpc) is 3.20. The molecular weight excluding hydrogens is 693 g/mol. The molecule has 5 heteroatoms. The van der Waals surface area contributed by atoms with Crippen molar-refractivity contribution in [3.8, 4) is 0 Å². The Labute approximate surface area is 348 Å². The quantitative estimate of drug-likeness (QED) is 0.0350. The maximum absolute atomic E-state index is 12.7. The van der Waals surface area contributed by atoms with Crippen LogP contribution in [0.15, 0.2) is 48.6 Å². The second kappa shape index (κ2) is 47.2. The first-order valence-electron chi connectivity index (χ1n) is 24.2. The highest BCUT2D eigenvalue weighted by molar-refractivity contribution is 5.70. The normalized spacial score (nSPS) is 12.6. The van der Waals surface area contributed by atoms with Gasteiger partial charge in [0.05, 0.1) is 6.61 Å². The Kier molecular flexibility index (Phi) is 45.4. The number of hydrogen-bond donors (Lipinski definition) is 0. The van der Waals surface area contributed by atoms with E-state index in [4.69, 9.17) is 14.2 Å². The standard InChI is InChI=1S/C51H92O5/c1-4-7-10-13-16-19-22-24-25-26-28-31-34-37-40-43-46-54-47-49(56-51(53)45-42-39-36-33-29-21-18-15-12-9-6-3)48-55-50(52)44-41-38-35-32-30-27-23-20-17-14-11-8-5-2/h15-16,18-20,23-25,49H,4-14,17,21-22,26-48H2,1-3H3/b18-15-,19-16-,23-20-,25-24-. The third-order valence-corrected chi connectivity index (χ3v) is 10.3. The van der Waals surface area contributed by atoms with Gasteiger partial charge in [0, 0.05) is 19.4 Å². The highest BCUT2D eigenvalue weighted by atomic mass is 16.6. The van der Waals surface area contributed by atoms with Gasteiger partial charge in [-0.15, -0.1) is 0 Å². The van der Waals surface area contributed by atoms with Gasteiger partial charge in [-0.1, -0.05) is 179 Å². The summed E-state index contributed by atoms with van der Waals surface area (Å²) in [6, 6.07) is 0.